The topological polar surface area (TPSA) is 83.1 Å². The fourth-order valence-corrected chi connectivity index (χ4v) is 4.90. The van der Waals surface area contributed by atoms with Crippen LogP contribution in [0.5, 0.6) is 11.5 Å². The van der Waals surface area contributed by atoms with Crippen LogP contribution in [0.25, 0.3) is 0 Å². The van der Waals surface area contributed by atoms with Crippen molar-refractivity contribution in [1.29, 1.82) is 0 Å². The molecule has 1 aromatic carbocycles. The second-order valence-electron chi connectivity index (χ2n) is 10.0. The number of aromatic nitrogens is 2. The van der Waals surface area contributed by atoms with Crippen LogP contribution in [0.4, 0.5) is 20.8 Å². The van der Waals surface area contributed by atoms with E-state index >= 15 is 0 Å². The number of nitrogens with one attached hydrogen (secondary N) is 1. The van der Waals surface area contributed by atoms with Crippen LogP contribution < -0.4 is 19.7 Å². The van der Waals surface area contributed by atoms with Gasteiger partial charge in [-0.1, -0.05) is 0 Å². The summed E-state index contributed by atoms with van der Waals surface area (Å²) < 4.78 is 25.4. The number of piperidine rings is 1. The predicted molar refractivity (Wildman–Crippen MR) is 135 cm³/mol. The number of benzene rings is 1. The summed E-state index contributed by atoms with van der Waals surface area (Å²) in [7, 11) is 5.05. The maximum atomic E-state index is 14.4. The van der Waals surface area contributed by atoms with Crippen LogP contribution in [0.15, 0.2) is 18.2 Å². The monoisotopic (exact) mass is 498 g/mol. The van der Waals surface area contributed by atoms with Crippen LogP contribution in [-0.2, 0) is 13.0 Å². The van der Waals surface area contributed by atoms with E-state index < -0.39 is 5.82 Å². The zero-order chi connectivity index (χ0) is 25.2. The predicted octanol–water partition coefficient (Wildman–Crippen LogP) is 3.68. The van der Waals surface area contributed by atoms with Gasteiger partial charge in [0, 0.05) is 65.1 Å². The van der Waals surface area contributed by atoms with Gasteiger partial charge in [-0.05, 0) is 31.4 Å². The fourth-order valence-electron chi connectivity index (χ4n) is 4.90. The molecule has 1 saturated carbocycles. The Morgan fingerprint density at radius 2 is 1.89 bits per heavy atom. The number of methoxy groups -OCH3 is 1. The third kappa shape index (κ3) is 5.12. The van der Waals surface area contributed by atoms with E-state index in [4.69, 9.17) is 19.4 Å². The van der Waals surface area contributed by atoms with E-state index in [2.05, 4.69) is 10.2 Å². The maximum absolute atomic E-state index is 14.4. The summed E-state index contributed by atoms with van der Waals surface area (Å²) in [6.07, 6.45) is 5.64. The van der Waals surface area contributed by atoms with Crippen LogP contribution in [0.1, 0.15) is 43.5 Å². The van der Waals surface area contributed by atoms with Gasteiger partial charge in [-0.3, -0.25) is 0 Å². The molecule has 3 heterocycles. The Morgan fingerprint density at radius 1 is 1.11 bits per heavy atom. The van der Waals surface area contributed by atoms with Gasteiger partial charge in [0.15, 0.2) is 23.2 Å². The van der Waals surface area contributed by atoms with Crippen LogP contribution in [0.3, 0.4) is 0 Å². The summed E-state index contributed by atoms with van der Waals surface area (Å²) >= 11 is 0. The van der Waals surface area contributed by atoms with Crippen molar-refractivity contribution < 1.29 is 18.7 Å². The first-order valence-corrected chi connectivity index (χ1v) is 12.8. The Bertz CT molecular complexity index is 1100. The van der Waals surface area contributed by atoms with Gasteiger partial charge in [0.25, 0.3) is 0 Å². The molecular formula is C26H35FN6O3. The van der Waals surface area contributed by atoms with Gasteiger partial charge in [-0.15, -0.1) is 0 Å². The Labute approximate surface area is 211 Å². The molecule has 0 atom stereocenters. The second kappa shape index (κ2) is 10.4. The van der Waals surface area contributed by atoms with Crippen molar-refractivity contribution in [2.75, 3.05) is 51.1 Å². The molecule has 3 aliphatic rings. The molecule has 0 spiro atoms. The lowest BCUT2D eigenvalue weighted by molar-refractivity contribution is 0.162. The van der Waals surface area contributed by atoms with E-state index in [0.717, 1.165) is 61.8 Å². The molecule has 10 heteroatoms. The summed E-state index contributed by atoms with van der Waals surface area (Å²) in [5.74, 6) is 1.99. The summed E-state index contributed by atoms with van der Waals surface area (Å²) in [6, 6.07) is 5.10. The lowest BCUT2D eigenvalue weighted by atomic mass is 9.93. The van der Waals surface area contributed by atoms with Crippen molar-refractivity contribution in [3.05, 3.63) is 35.4 Å². The largest absolute Gasteiger partial charge is 0.497 e. The number of nitrogens with zero attached hydrogens (tertiary/aromatic N) is 5. The van der Waals surface area contributed by atoms with Gasteiger partial charge in [0.2, 0.25) is 0 Å². The van der Waals surface area contributed by atoms with Crippen LogP contribution in [0, 0.1) is 5.82 Å². The molecule has 0 bridgehead atoms. The molecule has 2 aromatic rings. The Kier molecular flexibility index (Phi) is 7.02. The number of urea groups is 1. The molecule has 5 rings (SSSR count). The Hall–Kier alpha value is -3.30. The second-order valence-corrected chi connectivity index (χ2v) is 10.0. The molecule has 9 nitrogen and oxygen atoms in total. The normalized spacial score (nSPS) is 18.3. The van der Waals surface area contributed by atoms with Crippen LogP contribution in [0.2, 0.25) is 0 Å². The molecule has 2 fully saturated rings. The number of ether oxygens (including phenoxy) is 2. The number of hydrogen-bond acceptors (Lipinski definition) is 7. The number of carbonyl (C=O) groups is 1. The minimum Gasteiger partial charge on any atom is -0.497 e. The van der Waals surface area contributed by atoms with Crippen molar-refractivity contribution >= 4 is 17.7 Å². The van der Waals surface area contributed by atoms with E-state index in [-0.39, 0.29) is 17.9 Å². The SMILES string of the molecule is COc1ccc(OC2CCN(c3nc4c(nc3NC3CCC3)CCN(C(=O)N(C)C)C4)CC2)c(F)c1. The molecule has 36 heavy (non-hydrogen) atoms. The number of hydrogen-bond donors (Lipinski definition) is 1. The maximum Gasteiger partial charge on any atom is 0.319 e. The van der Waals surface area contributed by atoms with E-state index in [9.17, 15) is 9.18 Å². The van der Waals surface area contributed by atoms with E-state index in [1.54, 1.807) is 31.1 Å². The molecule has 1 aromatic heterocycles. The average Bonchev–Trinajstić information content (AvgIpc) is 2.86. The first-order valence-electron chi connectivity index (χ1n) is 12.8. The van der Waals surface area contributed by atoms with Crippen molar-refractivity contribution in [3.8, 4) is 11.5 Å². The number of fused-ring (bicyclic) bond motifs is 1. The standard InChI is InChI=1S/C26H35FN6O3/c1-31(2)26(34)33-14-11-21-22(16-33)30-25(24(29-21)28-17-5-4-6-17)32-12-9-18(10-13-32)36-23-8-7-19(35-3)15-20(23)27/h7-8,15,17-18H,4-6,9-14,16H2,1-3H3,(H,28,29). The highest BCUT2D eigenvalue weighted by atomic mass is 19.1. The van der Waals surface area contributed by atoms with E-state index in [0.29, 0.717) is 31.3 Å². The zero-order valence-corrected chi connectivity index (χ0v) is 21.3. The van der Waals surface area contributed by atoms with Gasteiger partial charge in [-0.25, -0.2) is 19.2 Å². The number of carbonyl (C=O) groups excluding carboxylic acids is 1. The summed E-state index contributed by atoms with van der Waals surface area (Å²) in [5.41, 5.74) is 1.83. The molecule has 1 saturated heterocycles. The fraction of sp³-hybridized carbons (Fsp3) is 0.577. The van der Waals surface area contributed by atoms with E-state index in [1.807, 2.05) is 4.90 Å². The number of halogens is 1. The van der Waals surface area contributed by atoms with Crippen molar-refractivity contribution in [2.24, 2.45) is 0 Å². The van der Waals surface area contributed by atoms with Crippen molar-refractivity contribution in [3.63, 3.8) is 0 Å². The highest BCUT2D eigenvalue weighted by molar-refractivity contribution is 5.74. The van der Waals surface area contributed by atoms with Gasteiger partial charge in [0.1, 0.15) is 11.9 Å². The molecule has 2 aliphatic heterocycles. The quantitative estimate of drug-likeness (QED) is 0.651. The minimum atomic E-state index is -0.416. The van der Waals surface area contributed by atoms with E-state index in [1.165, 1.54) is 19.6 Å². The average molecular weight is 499 g/mol. The Balaban J connectivity index is 1.31. The molecule has 194 valence electrons. The molecule has 1 aliphatic carbocycles. The molecule has 2 amide bonds. The van der Waals surface area contributed by atoms with Crippen LogP contribution >= 0.6 is 0 Å². The number of amides is 2. The highest BCUT2D eigenvalue weighted by Gasteiger charge is 2.30. The highest BCUT2D eigenvalue weighted by Crippen LogP contribution is 2.33. The molecule has 0 unspecified atom stereocenters. The number of rotatable bonds is 6. The third-order valence-electron chi connectivity index (χ3n) is 7.27. The smallest absolute Gasteiger partial charge is 0.319 e. The molecule has 1 N–H and O–H groups in total. The Morgan fingerprint density at radius 3 is 2.53 bits per heavy atom. The van der Waals surface area contributed by atoms with Gasteiger partial charge in [0.05, 0.1) is 25.0 Å². The third-order valence-corrected chi connectivity index (χ3v) is 7.27. The zero-order valence-electron chi connectivity index (χ0n) is 21.3. The first-order chi connectivity index (χ1) is 17.4. The van der Waals surface area contributed by atoms with Crippen LogP contribution in [-0.4, -0.2) is 78.8 Å². The lowest BCUT2D eigenvalue weighted by Gasteiger charge is -2.36. The molecular weight excluding hydrogens is 463 g/mol. The first kappa shape index (κ1) is 24.4. The van der Waals surface area contributed by atoms with Gasteiger partial charge >= 0.3 is 6.03 Å². The minimum absolute atomic E-state index is 0.00982. The summed E-state index contributed by atoms with van der Waals surface area (Å²) in [6.45, 7) is 2.57. The lowest BCUT2D eigenvalue weighted by Crippen LogP contribution is -2.43. The van der Waals surface area contributed by atoms with Gasteiger partial charge in [-0.2, -0.15) is 0 Å². The summed E-state index contributed by atoms with van der Waals surface area (Å²) in [5, 5.41) is 3.62. The molecule has 0 radical (unpaired) electrons. The van der Waals surface area contributed by atoms with Crippen molar-refractivity contribution in [1.82, 2.24) is 19.8 Å². The number of anilines is 2. The summed E-state index contributed by atoms with van der Waals surface area (Å²) in [4.78, 5) is 28.3. The van der Waals surface area contributed by atoms with Gasteiger partial charge < -0.3 is 29.5 Å². The van der Waals surface area contributed by atoms with Crippen molar-refractivity contribution in [2.45, 2.75) is 57.2 Å².